The monoisotopic (exact) mass is 262 g/mol. The second-order valence-corrected chi connectivity index (χ2v) is 4.98. The second kappa shape index (κ2) is 5.95. The lowest BCUT2D eigenvalue weighted by Crippen LogP contribution is -2.24. The van der Waals surface area contributed by atoms with Crippen molar-refractivity contribution in [3.63, 3.8) is 0 Å². The van der Waals surface area contributed by atoms with Crippen molar-refractivity contribution in [2.45, 2.75) is 38.5 Å². The minimum absolute atomic E-state index is 0.108. The molecule has 0 radical (unpaired) electrons. The van der Waals surface area contributed by atoms with E-state index in [0.29, 0.717) is 18.9 Å². The predicted octanol–water partition coefficient (Wildman–Crippen LogP) is 2.22. The number of ether oxygens (including phenoxy) is 1. The summed E-state index contributed by atoms with van der Waals surface area (Å²) in [5.74, 6) is 1.29. The molecule has 19 heavy (non-hydrogen) atoms. The van der Waals surface area contributed by atoms with Crippen LogP contribution >= 0.6 is 0 Å². The zero-order valence-electron chi connectivity index (χ0n) is 11.7. The van der Waals surface area contributed by atoms with Gasteiger partial charge in [-0.1, -0.05) is 13.0 Å². The van der Waals surface area contributed by atoms with E-state index in [1.807, 2.05) is 13.0 Å². The molecule has 4 heteroatoms. The molecule has 0 fully saturated rings. The molecule has 0 saturated heterocycles. The number of methoxy groups -OCH3 is 1. The molecule has 4 nitrogen and oxygen atoms in total. The van der Waals surface area contributed by atoms with Crippen molar-refractivity contribution in [3.05, 3.63) is 23.3 Å². The number of hydrogen-bond acceptors (Lipinski definition) is 3. The van der Waals surface area contributed by atoms with Crippen molar-refractivity contribution in [2.24, 2.45) is 0 Å². The summed E-state index contributed by atoms with van der Waals surface area (Å²) in [5, 5.41) is 2.93. The van der Waals surface area contributed by atoms with Crippen LogP contribution in [0.25, 0.3) is 0 Å². The smallest absolute Gasteiger partial charge is 0.219 e. The fourth-order valence-corrected chi connectivity index (χ4v) is 2.81. The summed E-state index contributed by atoms with van der Waals surface area (Å²) >= 11 is 0. The SMILES string of the molecule is CCC(=O)NCC[C@H]1CCc2ccc(OC)c(N)c21. The molecule has 0 aliphatic heterocycles. The van der Waals surface area contributed by atoms with Crippen LogP contribution in [-0.4, -0.2) is 19.6 Å². The van der Waals surface area contributed by atoms with E-state index in [0.717, 1.165) is 30.7 Å². The van der Waals surface area contributed by atoms with Crippen molar-refractivity contribution >= 4 is 11.6 Å². The van der Waals surface area contributed by atoms with Gasteiger partial charge in [-0.15, -0.1) is 0 Å². The number of hydrogen-bond donors (Lipinski definition) is 2. The van der Waals surface area contributed by atoms with Crippen LogP contribution in [0.1, 0.15) is 43.2 Å². The van der Waals surface area contributed by atoms with E-state index in [4.69, 9.17) is 10.5 Å². The highest BCUT2D eigenvalue weighted by Crippen LogP contribution is 2.42. The standard InChI is InChI=1S/C15H22N2O2/c1-3-13(18)17-9-8-11-5-4-10-6-7-12(19-2)15(16)14(10)11/h6-7,11H,3-5,8-9,16H2,1-2H3,(H,17,18)/t11-/m1/s1. The first kappa shape index (κ1) is 13.7. The Bertz CT molecular complexity index is 471. The van der Waals surface area contributed by atoms with Crippen LogP contribution < -0.4 is 15.8 Å². The largest absolute Gasteiger partial charge is 0.495 e. The Hall–Kier alpha value is -1.71. The maximum Gasteiger partial charge on any atom is 0.219 e. The molecule has 0 spiro atoms. The van der Waals surface area contributed by atoms with Crippen LogP contribution in [0.4, 0.5) is 5.69 Å². The summed E-state index contributed by atoms with van der Waals surface area (Å²) in [6, 6.07) is 4.05. The maximum atomic E-state index is 11.2. The Morgan fingerprint density at radius 2 is 2.32 bits per heavy atom. The number of carbonyl (C=O) groups excluding carboxylic acids is 1. The zero-order valence-corrected chi connectivity index (χ0v) is 11.7. The van der Waals surface area contributed by atoms with Crippen LogP contribution in [-0.2, 0) is 11.2 Å². The number of nitrogens with one attached hydrogen (secondary N) is 1. The molecule has 3 N–H and O–H groups in total. The summed E-state index contributed by atoms with van der Waals surface area (Å²) < 4.78 is 5.28. The first-order valence-electron chi connectivity index (χ1n) is 6.89. The summed E-state index contributed by atoms with van der Waals surface area (Å²) in [5.41, 5.74) is 9.50. The van der Waals surface area contributed by atoms with Gasteiger partial charge in [0.15, 0.2) is 0 Å². The Labute approximate surface area is 114 Å². The van der Waals surface area contributed by atoms with Gasteiger partial charge in [-0.3, -0.25) is 4.79 Å². The average Bonchev–Trinajstić information content (AvgIpc) is 2.83. The number of aryl methyl sites for hydroxylation is 1. The maximum absolute atomic E-state index is 11.2. The van der Waals surface area contributed by atoms with Gasteiger partial charge in [-0.2, -0.15) is 0 Å². The number of amides is 1. The van der Waals surface area contributed by atoms with Gasteiger partial charge in [0.1, 0.15) is 5.75 Å². The molecule has 1 aliphatic carbocycles. The van der Waals surface area contributed by atoms with Crippen LogP contribution in [0.3, 0.4) is 0 Å². The van der Waals surface area contributed by atoms with Gasteiger partial charge in [0.2, 0.25) is 5.91 Å². The lowest BCUT2D eigenvalue weighted by Gasteiger charge is -2.16. The second-order valence-electron chi connectivity index (χ2n) is 4.98. The molecule has 0 heterocycles. The number of rotatable bonds is 5. The lowest BCUT2D eigenvalue weighted by atomic mass is 9.96. The van der Waals surface area contributed by atoms with E-state index in [-0.39, 0.29) is 5.91 Å². The minimum atomic E-state index is 0.108. The molecule has 0 unspecified atom stereocenters. The highest BCUT2D eigenvalue weighted by atomic mass is 16.5. The fourth-order valence-electron chi connectivity index (χ4n) is 2.81. The van der Waals surface area contributed by atoms with E-state index < -0.39 is 0 Å². The highest BCUT2D eigenvalue weighted by Gasteiger charge is 2.26. The van der Waals surface area contributed by atoms with Crippen molar-refractivity contribution in [3.8, 4) is 5.75 Å². The first-order valence-corrected chi connectivity index (χ1v) is 6.89. The molecule has 0 aromatic heterocycles. The number of carbonyl (C=O) groups is 1. The van der Waals surface area contributed by atoms with Crippen molar-refractivity contribution in [2.75, 3.05) is 19.4 Å². The molecular formula is C15H22N2O2. The topological polar surface area (TPSA) is 64.3 Å². The van der Waals surface area contributed by atoms with Gasteiger partial charge < -0.3 is 15.8 Å². The van der Waals surface area contributed by atoms with E-state index in [9.17, 15) is 4.79 Å². The third-order valence-electron chi connectivity index (χ3n) is 3.86. The summed E-state index contributed by atoms with van der Waals surface area (Å²) in [4.78, 5) is 11.2. The van der Waals surface area contributed by atoms with Gasteiger partial charge in [0.05, 0.1) is 12.8 Å². The van der Waals surface area contributed by atoms with E-state index in [1.54, 1.807) is 7.11 Å². The molecule has 2 rings (SSSR count). The van der Waals surface area contributed by atoms with Crippen LogP contribution in [0, 0.1) is 0 Å². The molecule has 1 aliphatic rings. The van der Waals surface area contributed by atoms with Crippen LogP contribution in [0.5, 0.6) is 5.75 Å². The third kappa shape index (κ3) is 2.83. The van der Waals surface area contributed by atoms with Crippen LogP contribution in [0.2, 0.25) is 0 Å². The lowest BCUT2D eigenvalue weighted by molar-refractivity contribution is -0.120. The Morgan fingerprint density at radius 3 is 3.00 bits per heavy atom. The van der Waals surface area contributed by atoms with Gasteiger partial charge >= 0.3 is 0 Å². The average molecular weight is 262 g/mol. The van der Waals surface area contributed by atoms with Gasteiger partial charge in [-0.25, -0.2) is 0 Å². The molecule has 1 atom stereocenters. The number of nitrogens with two attached hydrogens (primary N) is 1. The van der Waals surface area contributed by atoms with Gasteiger partial charge in [-0.05, 0) is 42.4 Å². The molecule has 104 valence electrons. The number of nitrogen functional groups attached to an aromatic ring is 1. The molecular weight excluding hydrogens is 240 g/mol. The zero-order chi connectivity index (χ0) is 13.8. The van der Waals surface area contributed by atoms with Crippen LogP contribution in [0.15, 0.2) is 12.1 Å². The first-order chi connectivity index (χ1) is 9.17. The third-order valence-corrected chi connectivity index (χ3v) is 3.86. The summed E-state index contributed by atoms with van der Waals surface area (Å²) in [6.07, 6.45) is 3.65. The molecule has 1 amide bonds. The Kier molecular flexibility index (Phi) is 4.30. The number of fused-ring (bicyclic) bond motifs is 1. The summed E-state index contributed by atoms with van der Waals surface area (Å²) in [6.45, 7) is 2.58. The predicted molar refractivity (Wildman–Crippen MR) is 76.4 cm³/mol. The minimum Gasteiger partial charge on any atom is -0.495 e. The Balaban J connectivity index is 2.06. The van der Waals surface area contributed by atoms with Gasteiger partial charge in [0.25, 0.3) is 0 Å². The highest BCUT2D eigenvalue weighted by molar-refractivity contribution is 5.75. The molecule has 1 aromatic carbocycles. The van der Waals surface area contributed by atoms with E-state index >= 15 is 0 Å². The quantitative estimate of drug-likeness (QED) is 0.800. The van der Waals surface area contributed by atoms with E-state index in [1.165, 1.54) is 11.1 Å². The molecule has 1 aromatic rings. The molecule has 0 saturated carbocycles. The fraction of sp³-hybridized carbons (Fsp3) is 0.533. The van der Waals surface area contributed by atoms with Crippen molar-refractivity contribution in [1.82, 2.24) is 5.32 Å². The van der Waals surface area contributed by atoms with Crippen molar-refractivity contribution in [1.29, 1.82) is 0 Å². The van der Waals surface area contributed by atoms with Crippen molar-refractivity contribution < 1.29 is 9.53 Å². The normalized spacial score (nSPS) is 17.1. The number of benzene rings is 1. The Morgan fingerprint density at radius 1 is 1.53 bits per heavy atom. The molecule has 0 bridgehead atoms. The van der Waals surface area contributed by atoms with Gasteiger partial charge in [0, 0.05) is 13.0 Å². The van der Waals surface area contributed by atoms with E-state index in [2.05, 4.69) is 11.4 Å². The summed E-state index contributed by atoms with van der Waals surface area (Å²) in [7, 11) is 1.64. The number of anilines is 1.